The Balaban J connectivity index is 1.46. The number of thioether (sulfide) groups is 2. The molecule has 0 radical (unpaired) electrons. The van der Waals surface area contributed by atoms with Gasteiger partial charge in [-0.1, -0.05) is 38.8 Å². The highest BCUT2D eigenvalue weighted by atomic mass is 32.2. The van der Waals surface area contributed by atoms with Gasteiger partial charge in [0.2, 0.25) is 0 Å². The van der Waals surface area contributed by atoms with E-state index in [4.69, 9.17) is 12.2 Å². The highest BCUT2D eigenvalue weighted by molar-refractivity contribution is 8.19. The van der Waals surface area contributed by atoms with Crippen molar-refractivity contribution in [2.24, 2.45) is 11.8 Å². The topological polar surface area (TPSA) is 53.2 Å². The van der Waals surface area contributed by atoms with E-state index >= 15 is 0 Å². The van der Waals surface area contributed by atoms with Crippen molar-refractivity contribution in [3.63, 3.8) is 0 Å². The number of benzene rings is 1. The minimum absolute atomic E-state index is 0.169. The van der Waals surface area contributed by atoms with E-state index in [9.17, 15) is 4.79 Å². The van der Waals surface area contributed by atoms with Crippen LogP contribution in [0.3, 0.4) is 0 Å². The molecule has 1 aromatic carbocycles. The second kappa shape index (κ2) is 9.33. The second-order valence-corrected chi connectivity index (χ2v) is 10.3. The zero-order valence-electron chi connectivity index (χ0n) is 15.3. The molecule has 0 spiro atoms. The van der Waals surface area contributed by atoms with Crippen molar-refractivity contribution in [3.05, 3.63) is 35.4 Å². The number of hydrogen-bond acceptors (Lipinski definition) is 4. The molecule has 1 saturated heterocycles. The Morgan fingerprint density at radius 2 is 1.77 bits per heavy atom. The van der Waals surface area contributed by atoms with Crippen molar-refractivity contribution in [2.45, 2.75) is 43.7 Å². The molecule has 1 aliphatic heterocycles. The first-order chi connectivity index (χ1) is 12.5. The first-order valence-corrected chi connectivity index (χ1v) is 11.7. The van der Waals surface area contributed by atoms with Gasteiger partial charge in [0.05, 0.1) is 4.58 Å². The summed E-state index contributed by atoms with van der Waals surface area (Å²) in [5.41, 5.74) is 7.46. The Labute approximate surface area is 170 Å². The lowest BCUT2D eigenvalue weighted by Crippen LogP contribution is -2.52. The molecular weight excluding hydrogens is 382 g/mol. The lowest BCUT2D eigenvalue weighted by molar-refractivity contribution is 0.0943. The summed E-state index contributed by atoms with van der Waals surface area (Å²) >= 11 is 9.28. The van der Waals surface area contributed by atoms with Crippen LogP contribution in [0.15, 0.2) is 24.3 Å². The van der Waals surface area contributed by atoms with Crippen LogP contribution < -0.4 is 16.2 Å². The molecule has 4 nitrogen and oxygen atoms in total. The highest BCUT2D eigenvalue weighted by Crippen LogP contribution is 2.45. The molecule has 2 aliphatic rings. The van der Waals surface area contributed by atoms with Gasteiger partial charge in [-0.15, -0.1) is 23.5 Å². The Hall–Kier alpha value is -0.920. The highest BCUT2D eigenvalue weighted by Gasteiger charge is 2.27. The number of carbonyl (C=O) groups excluding carboxylic acids is 1. The third-order valence-electron chi connectivity index (χ3n) is 5.38. The molecule has 0 bridgehead atoms. The van der Waals surface area contributed by atoms with Crippen LogP contribution >= 0.6 is 35.7 Å². The zero-order valence-corrected chi connectivity index (χ0v) is 17.7. The van der Waals surface area contributed by atoms with Crippen LogP contribution in [0.25, 0.3) is 0 Å². The van der Waals surface area contributed by atoms with Gasteiger partial charge >= 0.3 is 0 Å². The SMILES string of the molecule is C[C@@H]1[C@H](C)CCC[C@H]1NC(=S)NNC(=O)c1ccc(C2SCCS2)cc1. The molecule has 26 heavy (non-hydrogen) atoms. The maximum atomic E-state index is 12.3. The normalized spacial score (nSPS) is 26.3. The van der Waals surface area contributed by atoms with E-state index in [0.717, 1.165) is 6.42 Å². The largest absolute Gasteiger partial charge is 0.358 e. The number of carbonyl (C=O) groups is 1. The fourth-order valence-corrected chi connectivity index (χ4v) is 6.58. The summed E-state index contributed by atoms with van der Waals surface area (Å²) in [7, 11) is 0. The zero-order chi connectivity index (χ0) is 18.5. The van der Waals surface area contributed by atoms with Crippen LogP contribution in [0, 0.1) is 11.8 Å². The number of amides is 1. The van der Waals surface area contributed by atoms with Crippen molar-refractivity contribution in [1.82, 2.24) is 16.2 Å². The summed E-state index contributed by atoms with van der Waals surface area (Å²) < 4.78 is 0.502. The van der Waals surface area contributed by atoms with E-state index in [1.165, 1.54) is 29.9 Å². The molecule has 1 aromatic rings. The van der Waals surface area contributed by atoms with Gasteiger partial charge in [0.15, 0.2) is 5.11 Å². The van der Waals surface area contributed by atoms with Crippen molar-refractivity contribution < 1.29 is 4.79 Å². The molecule has 1 amide bonds. The molecule has 142 valence electrons. The van der Waals surface area contributed by atoms with Gasteiger partial charge in [0, 0.05) is 23.1 Å². The predicted molar refractivity (Wildman–Crippen MR) is 116 cm³/mol. The molecule has 1 saturated carbocycles. The number of hydrazine groups is 1. The maximum absolute atomic E-state index is 12.3. The summed E-state index contributed by atoms with van der Waals surface area (Å²) in [4.78, 5) is 12.3. The summed E-state index contributed by atoms with van der Waals surface area (Å²) in [6.45, 7) is 4.56. The van der Waals surface area contributed by atoms with Crippen LogP contribution in [0.1, 0.15) is 53.6 Å². The van der Waals surface area contributed by atoms with Crippen LogP contribution in [0.5, 0.6) is 0 Å². The summed E-state index contributed by atoms with van der Waals surface area (Å²) in [6.07, 6.45) is 3.63. The van der Waals surface area contributed by atoms with E-state index < -0.39 is 0 Å². The van der Waals surface area contributed by atoms with Gasteiger partial charge in [-0.05, 0) is 48.2 Å². The van der Waals surface area contributed by atoms with Crippen molar-refractivity contribution in [2.75, 3.05) is 11.5 Å². The minimum Gasteiger partial charge on any atom is -0.358 e. The van der Waals surface area contributed by atoms with Gasteiger partial charge in [-0.25, -0.2) is 0 Å². The van der Waals surface area contributed by atoms with E-state index in [-0.39, 0.29) is 5.91 Å². The van der Waals surface area contributed by atoms with Crippen LogP contribution in [-0.2, 0) is 0 Å². The molecule has 2 fully saturated rings. The molecule has 0 aromatic heterocycles. The first kappa shape index (κ1) is 19.8. The fraction of sp³-hybridized carbons (Fsp3) is 0.579. The van der Waals surface area contributed by atoms with Crippen molar-refractivity contribution in [3.8, 4) is 0 Å². The molecule has 3 N–H and O–H groups in total. The van der Waals surface area contributed by atoms with Gasteiger partial charge in [-0.2, -0.15) is 0 Å². The van der Waals surface area contributed by atoms with Gasteiger partial charge < -0.3 is 5.32 Å². The van der Waals surface area contributed by atoms with Crippen molar-refractivity contribution in [1.29, 1.82) is 0 Å². The maximum Gasteiger partial charge on any atom is 0.269 e. The quantitative estimate of drug-likeness (QED) is 0.516. The van der Waals surface area contributed by atoms with Crippen LogP contribution in [-0.4, -0.2) is 28.6 Å². The van der Waals surface area contributed by atoms with Gasteiger partial charge in [0.25, 0.3) is 5.91 Å². The third kappa shape index (κ3) is 5.08. The molecular formula is C19H27N3OS3. The smallest absolute Gasteiger partial charge is 0.269 e. The van der Waals surface area contributed by atoms with Crippen molar-refractivity contribution >= 4 is 46.8 Å². The van der Waals surface area contributed by atoms with Gasteiger partial charge in [0.1, 0.15) is 0 Å². The summed E-state index contributed by atoms with van der Waals surface area (Å²) in [5, 5.41) is 3.84. The Morgan fingerprint density at radius 3 is 2.46 bits per heavy atom. The Kier molecular flexibility index (Phi) is 7.12. The minimum atomic E-state index is -0.169. The third-order valence-corrected chi connectivity index (χ3v) is 8.70. The van der Waals surface area contributed by atoms with E-state index in [0.29, 0.717) is 33.1 Å². The standard InChI is InChI=1S/C19H27N3OS3/c1-12-4-3-5-16(13(12)2)20-19(24)22-21-17(23)14-6-8-15(9-7-14)18-25-10-11-26-18/h6-9,12-13,16,18H,3-5,10-11H2,1-2H3,(H,21,23)(H2,20,22,24)/t12-,13-,16-/m1/s1. The summed E-state index contributed by atoms with van der Waals surface area (Å²) in [6, 6.07) is 8.23. The Morgan fingerprint density at radius 1 is 1.08 bits per heavy atom. The van der Waals surface area contributed by atoms with Crippen LogP contribution in [0.2, 0.25) is 0 Å². The van der Waals surface area contributed by atoms with E-state index in [1.54, 1.807) is 0 Å². The average molecular weight is 410 g/mol. The number of rotatable bonds is 3. The molecule has 7 heteroatoms. The Bertz CT molecular complexity index is 631. The second-order valence-electron chi connectivity index (χ2n) is 7.12. The number of nitrogens with one attached hydrogen (secondary N) is 3. The first-order valence-electron chi connectivity index (χ1n) is 9.24. The summed E-state index contributed by atoms with van der Waals surface area (Å²) in [5.74, 6) is 3.51. The fourth-order valence-electron chi connectivity index (χ4n) is 3.52. The number of hydrogen-bond donors (Lipinski definition) is 3. The molecule has 0 unspecified atom stereocenters. The molecule has 1 heterocycles. The molecule has 3 atom stereocenters. The molecule has 3 rings (SSSR count). The van der Waals surface area contributed by atoms with Gasteiger partial charge in [-0.3, -0.25) is 15.6 Å². The van der Waals surface area contributed by atoms with E-state index in [1.807, 2.05) is 47.8 Å². The van der Waals surface area contributed by atoms with Crippen LogP contribution in [0.4, 0.5) is 0 Å². The number of thiocarbonyl (C=S) groups is 1. The monoisotopic (exact) mass is 409 g/mol. The lowest BCUT2D eigenvalue weighted by Gasteiger charge is -2.35. The average Bonchev–Trinajstić information content (AvgIpc) is 3.18. The molecule has 1 aliphatic carbocycles. The predicted octanol–water partition coefficient (Wildman–Crippen LogP) is 4.10. The lowest BCUT2D eigenvalue weighted by atomic mass is 9.78. The van der Waals surface area contributed by atoms with E-state index in [2.05, 4.69) is 30.0 Å².